The van der Waals surface area contributed by atoms with Gasteiger partial charge in [-0.05, 0) is 53.6 Å². The van der Waals surface area contributed by atoms with Crippen LogP contribution in [-0.2, 0) is 0 Å². The lowest BCUT2D eigenvalue weighted by Gasteiger charge is -2.04. The molecule has 170 valence electrons. The Labute approximate surface area is 192 Å². The molecule has 10 nitrogen and oxygen atoms in total. The van der Waals surface area contributed by atoms with Crippen molar-refractivity contribution in [3.8, 4) is 23.0 Å². The number of nitro benzene ring substituents is 2. The summed E-state index contributed by atoms with van der Waals surface area (Å²) in [5.74, 6) is 2.39. The molecule has 2 aliphatic rings. The zero-order chi connectivity index (χ0) is 23.7. The van der Waals surface area contributed by atoms with Gasteiger partial charge in [0.25, 0.3) is 11.4 Å². The Morgan fingerprint density at radius 3 is 1.47 bits per heavy atom. The molecule has 0 aromatic heterocycles. The lowest BCUT2D eigenvalue weighted by Crippen LogP contribution is -1.98. The smallest absolute Gasteiger partial charge is 0.283 e. The quantitative estimate of drug-likeness (QED) is 0.276. The highest BCUT2D eigenvalue weighted by Gasteiger charge is 2.22. The molecule has 0 aliphatic carbocycles. The first-order valence-electron chi connectivity index (χ1n) is 10.1. The standard InChI is InChI=1S/C24H16N2O8/c27-25(28)19-12-20(26(29)30)18(6-2-16-4-8-22-24(10-16)34-14-32-22)11-17(19)5-1-15-3-7-21-23(9-15)33-13-31-21/h1-12H,13-14H2/b5-1+,6-2+. The van der Waals surface area contributed by atoms with E-state index >= 15 is 0 Å². The van der Waals surface area contributed by atoms with Gasteiger partial charge >= 0.3 is 0 Å². The fourth-order valence-corrected chi connectivity index (χ4v) is 3.60. The van der Waals surface area contributed by atoms with Gasteiger partial charge in [0.1, 0.15) is 0 Å². The summed E-state index contributed by atoms with van der Waals surface area (Å²) in [5.41, 5.74) is 1.16. The predicted molar refractivity (Wildman–Crippen MR) is 123 cm³/mol. The van der Waals surface area contributed by atoms with E-state index in [1.165, 1.54) is 18.2 Å². The molecule has 0 bridgehead atoms. The molecule has 0 fully saturated rings. The SMILES string of the molecule is O=[N+]([O-])c1cc([N+](=O)[O-])c(/C=C/c2ccc3c(c2)OCO3)cc1/C=C/c1ccc2c(c1)OCO2. The van der Waals surface area contributed by atoms with Crippen molar-refractivity contribution < 1.29 is 28.8 Å². The molecule has 0 atom stereocenters. The van der Waals surface area contributed by atoms with Crippen LogP contribution in [-0.4, -0.2) is 23.4 Å². The molecule has 0 spiro atoms. The van der Waals surface area contributed by atoms with Crippen LogP contribution in [0.4, 0.5) is 11.4 Å². The van der Waals surface area contributed by atoms with Crippen molar-refractivity contribution >= 4 is 35.7 Å². The number of benzene rings is 3. The third-order valence-corrected chi connectivity index (χ3v) is 5.27. The second-order valence-electron chi connectivity index (χ2n) is 7.38. The number of nitrogens with zero attached hydrogens (tertiary/aromatic N) is 2. The number of hydrogen-bond acceptors (Lipinski definition) is 8. The summed E-state index contributed by atoms with van der Waals surface area (Å²) < 4.78 is 21.3. The third kappa shape index (κ3) is 4.11. The second-order valence-corrected chi connectivity index (χ2v) is 7.38. The zero-order valence-electron chi connectivity index (χ0n) is 17.5. The predicted octanol–water partition coefficient (Wildman–Crippen LogP) is 5.30. The van der Waals surface area contributed by atoms with Crippen molar-refractivity contribution in [1.29, 1.82) is 0 Å². The molecular formula is C24H16N2O8. The molecule has 0 radical (unpaired) electrons. The van der Waals surface area contributed by atoms with Gasteiger partial charge < -0.3 is 18.9 Å². The molecule has 34 heavy (non-hydrogen) atoms. The second kappa shape index (κ2) is 8.58. The van der Waals surface area contributed by atoms with Gasteiger partial charge in [-0.3, -0.25) is 20.2 Å². The van der Waals surface area contributed by atoms with Crippen LogP contribution in [0, 0.1) is 20.2 Å². The van der Waals surface area contributed by atoms with Crippen molar-refractivity contribution in [2.45, 2.75) is 0 Å². The van der Waals surface area contributed by atoms with Gasteiger partial charge in [0.2, 0.25) is 13.6 Å². The maximum absolute atomic E-state index is 11.6. The maximum atomic E-state index is 11.6. The summed E-state index contributed by atoms with van der Waals surface area (Å²) >= 11 is 0. The van der Waals surface area contributed by atoms with E-state index in [4.69, 9.17) is 18.9 Å². The van der Waals surface area contributed by atoms with Gasteiger partial charge in [0.15, 0.2) is 23.0 Å². The van der Waals surface area contributed by atoms with Crippen LogP contribution in [0.2, 0.25) is 0 Å². The van der Waals surface area contributed by atoms with Gasteiger partial charge in [-0.2, -0.15) is 0 Å². The average molecular weight is 460 g/mol. The van der Waals surface area contributed by atoms with E-state index in [0.717, 1.165) is 17.2 Å². The normalized spacial score (nSPS) is 13.6. The van der Waals surface area contributed by atoms with E-state index in [9.17, 15) is 20.2 Å². The Morgan fingerprint density at radius 1 is 0.588 bits per heavy atom. The van der Waals surface area contributed by atoms with Crippen molar-refractivity contribution in [1.82, 2.24) is 0 Å². The summed E-state index contributed by atoms with van der Waals surface area (Å²) in [4.78, 5) is 22.0. The monoisotopic (exact) mass is 460 g/mol. The fraction of sp³-hybridized carbons (Fsp3) is 0.0833. The van der Waals surface area contributed by atoms with E-state index in [-0.39, 0.29) is 36.1 Å². The third-order valence-electron chi connectivity index (χ3n) is 5.27. The largest absolute Gasteiger partial charge is 0.454 e. The van der Waals surface area contributed by atoms with E-state index in [2.05, 4.69) is 0 Å². The van der Waals surface area contributed by atoms with Crippen LogP contribution in [0.1, 0.15) is 22.3 Å². The van der Waals surface area contributed by atoms with Crippen LogP contribution >= 0.6 is 0 Å². The van der Waals surface area contributed by atoms with Crippen molar-refractivity contribution in [2.24, 2.45) is 0 Å². The molecule has 0 unspecified atom stereocenters. The fourth-order valence-electron chi connectivity index (χ4n) is 3.60. The van der Waals surface area contributed by atoms with Crippen LogP contribution in [0.15, 0.2) is 48.5 Å². The number of hydrogen-bond donors (Lipinski definition) is 0. The maximum Gasteiger partial charge on any atom is 0.283 e. The summed E-state index contributed by atoms with van der Waals surface area (Å²) in [6.45, 7) is 0.269. The van der Waals surface area contributed by atoms with Crippen LogP contribution in [0.5, 0.6) is 23.0 Å². The molecule has 0 N–H and O–H groups in total. The lowest BCUT2D eigenvalue weighted by molar-refractivity contribution is -0.394. The zero-order valence-corrected chi connectivity index (χ0v) is 17.5. The highest BCUT2D eigenvalue weighted by molar-refractivity contribution is 5.82. The molecule has 2 aliphatic heterocycles. The number of ether oxygens (including phenoxy) is 4. The molecule has 0 amide bonds. The minimum Gasteiger partial charge on any atom is -0.454 e. The molecule has 3 aromatic carbocycles. The Morgan fingerprint density at radius 2 is 1.03 bits per heavy atom. The minimum absolute atomic E-state index is 0.134. The van der Waals surface area contributed by atoms with Crippen LogP contribution < -0.4 is 18.9 Å². The molecule has 0 saturated carbocycles. The van der Waals surface area contributed by atoms with E-state index in [0.29, 0.717) is 23.0 Å². The lowest BCUT2D eigenvalue weighted by atomic mass is 10.0. The summed E-state index contributed by atoms with van der Waals surface area (Å²) in [7, 11) is 0. The molecule has 5 rings (SSSR count). The van der Waals surface area contributed by atoms with E-state index in [1.807, 2.05) is 0 Å². The Bertz CT molecular complexity index is 1280. The highest BCUT2D eigenvalue weighted by Crippen LogP contribution is 2.36. The van der Waals surface area contributed by atoms with Crippen molar-refractivity contribution in [3.05, 3.63) is 91.0 Å². The van der Waals surface area contributed by atoms with Gasteiger partial charge in [0.05, 0.1) is 27.0 Å². The van der Waals surface area contributed by atoms with Gasteiger partial charge in [-0.15, -0.1) is 0 Å². The topological polar surface area (TPSA) is 123 Å². The molecule has 3 aromatic rings. The minimum atomic E-state index is -0.641. The van der Waals surface area contributed by atoms with Crippen LogP contribution in [0.3, 0.4) is 0 Å². The summed E-state index contributed by atoms with van der Waals surface area (Å²) in [6.07, 6.45) is 6.41. The number of nitro groups is 2. The number of fused-ring (bicyclic) bond motifs is 2. The van der Waals surface area contributed by atoms with E-state index in [1.54, 1.807) is 48.6 Å². The highest BCUT2D eigenvalue weighted by atomic mass is 16.7. The molecule has 2 heterocycles. The van der Waals surface area contributed by atoms with Crippen molar-refractivity contribution in [2.75, 3.05) is 13.6 Å². The first-order chi connectivity index (χ1) is 16.5. The van der Waals surface area contributed by atoms with E-state index < -0.39 is 9.85 Å². The van der Waals surface area contributed by atoms with Gasteiger partial charge in [0, 0.05) is 0 Å². The van der Waals surface area contributed by atoms with Crippen LogP contribution in [0.25, 0.3) is 24.3 Å². The summed E-state index contributed by atoms with van der Waals surface area (Å²) in [6, 6.07) is 12.9. The van der Waals surface area contributed by atoms with Crippen molar-refractivity contribution in [3.63, 3.8) is 0 Å². The number of rotatable bonds is 6. The van der Waals surface area contributed by atoms with Gasteiger partial charge in [-0.25, -0.2) is 0 Å². The first-order valence-corrected chi connectivity index (χ1v) is 10.1. The Balaban J connectivity index is 1.51. The Kier molecular flexibility index (Phi) is 5.30. The molecule has 0 saturated heterocycles. The average Bonchev–Trinajstić information content (AvgIpc) is 3.49. The Hall–Kier alpha value is -4.86. The summed E-state index contributed by atoms with van der Waals surface area (Å²) in [5, 5.41) is 23.3. The van der Waals surface area contributed by atoms with Gasteiger partial charge in [-0.1, -0.05) is 24.3 Å². The first kappa shape index (κ1) is 21.0. The molecular weight excluding hydrogens is 444 g/mol. The molecule has 10 heteroatoms.